The number of amides is 3. The van der Waals surface area contributed by atoms with Gasteiger partial charge in [-0.2, -0.15) is 0 Å². The lowest BCUT2D eigenvalue weighted by Crippen LogP contribution is -2.55. The first-order valence-electron chi connectivity index (χ1n) is 14.5. The topological polar surface area (TPSA) is 114 Å². The highest BCUT2D eigenvalue weighted by Gasteiger charge is 2.38. The second-order valence-electron chi connectivity index (χ2n) is 11.5. The van der Waals surface area contributed by atoms with Crippen LogP contribution in [0.1, 0.15) is 103 Å². The molecule has 9 nitrogen and oxygen atoms in total. The zero-order chi connectivity index (χ0) is 30.5. The number of aryl methyl sites for hydroxylation is 2. The zero-order valence-electron chi connectivity index (χ0n) is 26.0. The molecular weight excluding hydrogens is 510 g/mol. The van der Waals surface area contributed by atoms with Crippen LogP contribution >= 0.6 is 0 Å². The third-order valence-electron chi connectivity index (χ3n) is 6.86. The molecule has 3 amide bonds. The first-order valence-corrected chi connectivity index (χ1v) is 14.5. The molecule has 1 aromatic rings. The van der Waals surface area contributed by atoms with Crippen molar-refractivity contribution in [2.24, 2.45) is 5.92 Å². The minimum atomic E-state index is -1.00. The molecule has 1 aromatic carbocycles. The molecule has 0 spiro atoms. The predicted molar refractivity (Wildman–Crippen MR) is 157 cm³/mol. The molecule has 0 aliphatic carbocycles. The van der Waals surface area contributed by atoms with E-state index >= 15 is 0 Å². The van der Waals surface area contributed by atoms with Crippen molar-refractivity contribution in [1.29, 1.82) is 0 Å². The Morgan fingerprint density at radius 1 is 1.00 bits per heavy atom. The van der Waals surface area contributed by atoms with Gasteiger partial charge in [0.1, 0.15) is 24.2 Å². The number of nitrogens with one attached hydrogen (secondary N) is 2. The molecule has 0 aliphatic heterocycles. The van der Waals surface area contributed by atoms with Crippen LogP contribution in [-0.4, -0.2) is 60.6 Å². The Morgan fingerprint density at radius 3 is 2.23 bits per heavy atom. The molecule has 0 saturated carbocycles. The van der Waals surface area contributed by atoms with Crippen molar-refractivity contribution in [3.63, 3.8) is 0 Å². The number of carbonyl (C=O) groups is 4. The van der Waals surface area contributed by atoms with Crippen LogP contribution in [0.5, 0.6) is 0 Å². The molecule has 3 atom stereocenters. The van der Waals surface area contributed by atoms with E-state index in [0.717, 1.165) is 36.8 Å². The highest BCUT2D eigenvalue weighted by molar-refractivity contribution is 5.93. The number of esters is 1. The van der Waals surface area contributed by atoms with Crippen molar-refractivity contribution < 1.29 is 28.7 Å². The van der Waals surface area contributed by atoms with E-state index in [9.17, 15) is 19.2 Å². The SMILES string of the molecule is CCCCCCCN(C(=O)C(NC(=O)OC(C)(C)C)C(C)CC)C(C(=O)NCC(=O)OC)c1cc(C)ccc1C. The summed E-state index contributed by atoms with van der Waals surface area (Å²) in [6.07, 6.45) is 4.72. The molecule has 0 saturated heterocycles. The average molecular weight is 562 g/mol. The summed E-state index contributed by atoms with van der Waals surface area (Å²) in [6, 6.07) is 3.85. The van der Waals surface area contributed by atoms with Crippen LogP contribution in [0.2, 0.25) is 0 Å². The van der Waals surface area contributed by atoms with Crippen molar-refractivity contribution >= 4 is 23.9 Å². The van der Waals surface area contributed by atoms with Crippen LogP contribution in [-0.2, 0) is 23.9 Å². The van der Waals surface area contributed by atoms with Gasteiger partial charge in [-0.3, -0.25) is 14.4 Å². The Hall–Kier alpha value is -3.10. The molecular formula is C31H51N3O6. The molecule has 0 aliphatic rings. The number of alkyl carbamates (subject to hydrolysis) is 1. The quantitative estimate of drug-likeness (QED) is 0.220. The largest absolute Gasteiger partial charge is 0.468 e. The molecule has 0 radical (unpaired) electrons. The second kappa shape index (κ2) is 16.9. The monoisotopic (exact) mass is 561 g/mol. The Bertz CT molecular complexity index is 988. The fraction of sp³-hybridized carbons (Fsp3) is 0.677. The summed E-state index contributed by atoms with van der Waals surface area (Å²) in [5, 5.41) is 5.45. The van der Waals surface area contributed by atoms with Gasteiger partial charge in [-0.05, 0) is 58.1 Å². The number of carbonyl (C=O) groups excluding carboxylic acids is 4. The minimum Gasteiger partial charge on any atom is -0.468 e. The number of unbranched alkanes of at least 4 members (excludes halogenated alkanes) is 4. The summed E-state index contributed by atoms with van der Waals surface area (Å²) in [5.41, 5.74) is 1.71. The molecule has 2 N–H and O–H groups in total. The molecule has 0 aromatic heterocycles. The van der Waals surface area contributed by atoms with Crippen molar-refractivity contribution in [2.45, 2.75) is 112 Å². The second-order valence-corrected chi connectivity index (χ2v) is 11.5. The third-order valence-corrected chi connectivity index (χ3v) is 6.86. The third kappa shape index (κ3) is 11.6. The van der Waals surface area contributed by atoms with E-state index < -0.39 is 35.7 Å². The fourth-order valence-corrected chi connectivity index (χ4v) is 4.38. The van der Waals surface area contributed by atoms with E-state index in [1.807, 2.05) is 45.9 Å². The maximum atomic E-state index is 14.4. The van der Waals surface area contributed by atoms with E-state index in [1.54, 1.807) is 25.7 Å². The molecule has 1 rings (SSSR count). The number of hydrogen-bond acceptors (Lipinski definition) is 6. The van der Waals surface area contributed by atoms with Gasteiger partial charge in [0.15, 0.2) is 0 Å². The lowest BCUT2D eigenvalue weighted by atomic mass is 9.93. The van der Waals surface area contributed by atoms with Gasteiger partial charge in [-0.25, -0.2) is 4.79 Å². The standard InChI is InChI=1S/C31H51N3O6/c1-10-12-13-14-15-18-34(29(37)26(22(4)11-2)33-30(38)40-31(6,7)8)27(28(36)32-20-25(35)39-9)24-19-21(3)16-17-23(24)5/h16-17,19,22,26-27H,10-15,18,20H2,1-9H3,(H,32,36)(H,33,38). The molecule has 0 bridgehead atoms. The smallest absolute Gasteiger partial charge is 0.408 e. The van der Waals surface area contributed by atoms with E-state index in [1.165, 1.54) is 7.11 Å². The molecule has 9 heteroatoms. The zero-order valence-corrected chi connectivity index (χ0v) is 26.0. The van der Waals surface area contributed by atoms with Gasteiger partial charge in [0.05, 0.1) is 7.11 Å². The first kappa shape index (κ1) is 34.9. The minimum absolute atomic E-state index is 0.222. The summed E-state index contributed by atoms with van der Waals surface area (Å²) in [5.74, 6) is -1.66. The van der Waals surface area contributed by atoms with Crippen LogP contribution in [0.25, 0.3) is 0 Å². The Balaban J connectivity index is 3.59. The van der Waals surface area contributed by atoms with E-state index in [4.69, 9.17) is 9.47 Å². The summed E-state index contributed by atoms with van der Waals surface area (Å²) in [7, 11) is 1.25. The molecule has 0 heterocycles. The summed E-state index contributed by atoms with van der Waals surface area (Å²) in [4.78, 5) is 54.3. The normalized spacial score (nSPS) is 13.5. The maximum absolute atomic E-state index is 14.4. The molecule has 0 fully saturated rings. The van der Waals surface area contributed by atoms with E-state index in [2.05, 4.69) is 17.6 Å². The Labute approximate surface area is 240 Å². The molecule has 3 unspecified atom stereocenters. The maximum Gasteiger partial charge on any atom is 0.408 e. The van der Waals surface area contributed by atoms with E-state index in [-0.39, 0.29) is 18.4 Å². The summed E-state index contributed by atoms with van der Waals surface area (Å²) < 4.78 is 10.2. The number of methoxy groups -OCH3 is 1. The highest BCUT2D eigenvalue weighted by atomic mass is 16.6. The number of benzene rings is 1. The molecule has 40 heavy (non-hydrogen) atoms. The van der Waals surface area contributed by atoms with Gasteiger partial charge in [-0.1, -0.05) is 76.6 Å². The number of hydrogen-bond donors (Lipinski definition) is 2. The van der Waals surface area contributed by atoms with Crippen molar-refractivity contribution in [2.75, 3.05) is 20.2 Å². The Morgan fingerprint density at radius 2 is 1.65 bits per heavy atom. The number of nitrogens with zero attached hydrogens (tertiary/aromatic N) is 1. The van der Waals surface area contributed by atoms with Crippen molar-refractivity contribution in [1.82, 2.24) is 15.5 Å². The van der Waals surface area contributed by atoms with Gasteiger partial charge >= 0.3 is 12.1 Å². The van der Waals surface area contributed by atoms with Crippen molar-refractivity contribution in [3.05, 3.63) is 34.9 Å². The average Bonchev–Trinajstić information content (AvgIpc) is 2.89. The van der Waals surface area contributed by atoms with Crippen LogP contribution in [0.4, 0.5) is 4.79 Å². The number of ether oxygens (including phenoxy) is 2. The highest BCUT2D eigenvalue weighted by Crippen LogP contribution is 2.28. The number of rotatable bonds is 15. The van der Waals surface area contributed by atoms with Crippen LogP contribution in [0.15, 0.2) is 18.2 Å². The summed E-state index contributed by atoms with van der Waals surface area (Å²) in [6.45, 7) is 15.1. The van der Waals surface area contributed by atoms with Gasteiger partial charge in [0.25, 0.3) is 0 Å². The molecule has 226 valence electrons. The first-order chi connectivity index (χ1) is 18.7. The van der Waals surface area contributed by atoms with Gasteiger partial charge in [0.2, 0.25) is 11.8 Å². The Kier molecular flexibility index (Phi) is 14.7. The fourth-order valence-electron chi connectivity index (χ4n) is 4.38. The van der Waals surface area contributed by atoms with Crippen LogP contribution in [0.3, 0.4) is 0 Å². The van der Waals surface area contributed by atoms with Crippen molar-refractivity contribution in [3.8, 4) is 0 Å². The van der Waals surface area contributed by atoms with Crippen LogP contribution in [0, 0.1) is 19.8 Å². The van der Waals surface area contributed by atoms with E-state index in [0.29, 0.717) is 24.9 Å². The lowest BCUT2D eigenvalue weighted by molar-refractivity contribution is -0.145. The van der Waals surface area contributed by atoms with Gasteiger partial charge in [-0.15, -0.1) is 0 Å². The van der Waals surface area contributed by atoms with Gasteiger partial charge in [0, 0.05) is 6.54 Å². The van der Waals surface area contributed by atoms with Crippen LogP contribution < -0.4 is 10.6 Å². The van der Waals surface area contributed by atoms with Gasteiger partial charge < -0.3 is 25.0 Å². The summed E-state index contributed by atoms with van der Waals surface area (Å²) >= 11 is 0. The lowest BCUT2D eigenvalue weighted by Gasteiger charge is -2.36. The predicted octanol–water partition coefficient (Wildman–Crippen LogP) is 5.37.